The molecule has 0 saturated heterocycles. The van der Waals surface area contributed by atoms with Gasteiger partial charge in [-0.3, -0.25) is 9.59 Å². The normalized spacial score (nSPS) is 17.7. The first-order chi connectivity index (χ1) is 7.87. The van der Waals surface area contributed by atoms with Gasteiger partial charge in [0.2, 0.25) is 0 Å². The molecule has 0 radical (unpaired) electrons. The maximum atomic E-state index is 11.3. The van der Waals surface area contributed by atoms with Crippen molar-refractivity contribution in [3.8, 4) is 0 Å². The number of hydrogen-bond acceptors (Lipinski definition) is 6. The van der Waals surface area contributed by atoms with Crippen molar-refractivity contribution >= 4 is 21.9 Å². The predicted octanol–water partition coefficient (Wildman–Crippen LogP) is 0.367. The van der Waals surface area contributed by atoms with Crippen LogP contribution in [0.5, 0.6) is 0 Å². The molecule has 0 spiro atoms. The molecule has 6 nitrogen and oxygen atoms in total. The summed E-state index contributed by atoms with van der Waals surface area (Å²) < 4.78 is 35.9. The first-order valence-electron chi connectivity index (χ1n) is 5.51. The van der Waals surface area contributed by atoms with Crippen molar-refractivity contribution in [1.82, 2.24) is 0 Å². The van der Waals surface area contributed by atoms with Crippen molar-refractivity contribution in [2.75, 3.05) is 5.75 Å². The Morgan fingerprint density at radius 1 is 1.18 bits per heavy atom. The number of ketones is 1. The zero-order chi connectivity index (χ0) is 12.9. The molecule has 7 heteroatoms. The van der Waals surface area contributed by atoms with Gasteiger partial charge in [-0.25, -0.2) is 8.42 Å². The Balaban J connectivity index is 2.31. The molecular weight excluding hydrogens is 248 g/mol. The molecule has 0 N–H and O–H groups in total. The van der Waals surface area contributed by atoms with E-state index in [1.807, 2.05) is 0 Å². The molecule has 0 bridgehead atoms. The molecule has 1 fully saturated rings. The van der Waals surface area contributed by atoms with Crippen LogP contribution in [0.15, 0.2) is 0 Å². The van der Waals surface area contributed by atoms with Gasteiger partial charge in [0.1, 0.15) is 22.6 Å². The summed E-state index contributed by atoms with van der Waals surface area (Å²) in [5, 5.41) is 0. The molecule has 0 heterocycles. The van der Waals surface area contributed by atoms with E-state index in [-0.39, 0.29) is 6.10 Å². The summed E-state index contributed by atoms with van der Waals surface area (Å²) in [6.07, 6.45) is 3.83. The Hall–Kier alpha value is -0.950. The molecule has 1 aliphatic carbocycles. The zero-order valence-corrected chi connectivity index (χ0v) is 10.2. The van der Waals surface area contributed by atoms with E-state index < -0.39 is 34.0 Å². The van der Waals surface area contributed by atoms with Gasteiger partial charge >= 0.3 is 5.97 Å². The van der Waals surface area contributed by atoms with Gasteiger partial charge in [-0.15, -0.1) is 0 Å². The van der Waals surface area contributed by atoms with E-state index in [4.69, 9.17) is 4.74 Å². The van der Waals surface area contributed by atoms with Crippen molar-refractivity contribution in [1.29, 1.82) is 0 Å². The highest BCUT2D eigenvalue weighted by Gasteiger charge is 2.20. The third kappa shape index (κ3) is 6.38. The van der Waals surface area contributed by atoms with Gasteiger partial charge in [0.15, 0.2) is 5.78 Å². The molecular formula is C10H15O6S-. The van der Waals surface area contributed by atoms with Crippen LogP contribution in [0.1, 0.15) is 38.5 Å². The molecule has 0 amide bonds. The average molecular weight is 263 g/mol. The predicted molar refractivity (Wildman–Crippen MR) is 57.2 cm³/mol. The highest BCUT2D eigenvalue weighted by Crippen LogP contribution is 2.20. The van der Waals surface area contributed by atoms with E-state index in [1.54, 1.807) is 0 Å². The fourth-order valence-electron chi connectivity index (χ4n) is 1.82. The van der Waals surface area contributed by atoms with Crippen LogP contribution >= 0.6 is 0 Å². The Bertz CT molecular complexity index is 380. The van der Waals surface area contributed by atoms with Crippen LogP contribution in [0.25, 0.3) is 0 Å². The van der Waals surface area contributed by atoms with Gasteiger partial charge in [0.05, 0.1) is 5.75 Å². The summed E-state index contributed by atoms with van der Waals surface area (Å²) in [5.74, 6) is -2.81. The SMILES string of the molecule is O=C(CC(=O)OC1CCCCC1)CS(=O)(=O)[O-]. The average Bonchev–Trinajstić information content (AvgIpc) is 2.15. The van der Waals surface area contributed by atoms with Crippen molar-refractivity contribution in [2.24, 2.45) is 0 Å². The van der Waals surface area contributed by atoms with Crippen LogP contribution in [-0.4, -0.2) is 36.6 Å². The summed E-state index contributed by atoms with van der Waals surface area (Å²) in [5.41, 5.74) is 0. The molecule has 0 aromatic rings. The molecule has 0 aliphatic heterocycles. The fourth-order valence-corrected chi connectivity index (χ4v) is 2.32. The van der Waals surface area contributed by atoms with Crippen molar-refractivity contribution in [2.45, 2.75) is 44.6 Å². The molecule has 1 rings (SSSR count). The van der Waals surface area contributed by atoms with Crippen LogP contribution in [0.3, 0.4) is 0 Å². The first kappa shape index (κ1) is 14.1. The monoisotopic (exact) mass is 263 g/mol. The number of esters is 1. The lowest BCUT2D eigenvalue weighted by Gasteiger charge is -2.21. The summed E-state index contributed by atoms with van der Waals surface area (Å²) in [6.45, 7) is 0. The first-order valence-corrected chi connectivity index (χ1v) is 7.09. The molecule has 0 aromatic carbocycles. The molecule has 1 aliphatic rings. The fraction of sp³-hybridized carbons (Fsp3) is 0.800. The van der Waals surface area contributed by atoms with Crippen molar-refractivity contribution in [3.05, 3.63) is 0 Å². The number of carbonyl (C=O) groups is 2. The van der Waals surface area contributed by atoms with Crippen molar-refractivity contribution < 1.29 is 27.3 Å². The van der Waals surface area contributed by atoms with Crippen LogP contribution < -0.4 is 0 Å². The topological polar surface area (TPSA) is 101 Å². The molecule has 1 saturated carbocycles. The smallest absolute Gasteiger partial charge is 0.313 e. The van der Waals surface area contributed by atoms with E-state index in [0.29, 0.717) is 0 Å². The molecule has 98 valence electrons. The Labute approximate surface area is 100 Å². The Morgan fingerprint density at radius 2 is 1.76 bits per heavy atom. The minimum Gasteiger partial charge on any atom is -0.748 e. The quantitative estimate of drug-likeness (QED) is 0.403. The highest BCUT2D eigenvalue weighted by molar-refractivity contribution is 7.86. The second kappa shape index (κ2) is 6.11. The maximum Gasteiger partial charge on any atom is 0.313 e. The summed E-state index contributed by atoms with van der Waals surface area (Å²) >= 11 is 0. The Morgan fingerprint density at radius 3 is 2.29 bits per heavy atom. The molecule has 0 aromatic heterocycles. The van der Waals surface area contributed by atoms with E-state index in [0.717, 1.165) is 32.1 Å². The van der Waals surface area contributed by atoms with Crippen LogP contribution in [-0.2, 0) is 24.4 Å². The van der Waals surface area contributed by atoms with E-state index in [2.05, 4.69) is 0 Å². The number of carbonyl (C=O) groups excluding carboxylic acids is 2. The second-order valence-corrected chi connectivity index (χ2v) is 5.57. The molecule has 17 heavy (non-hydrogen) atoms. The number of rotatable bonds is 5. The zero-order valence-electron chi connectivity index (χ0n) is 9.38. The molecule has 0 atom stereocenters. The van der Waals surface area contributed by atoms with Gasteiger partial charge in [0.25, 0.3) is 0 Å². The lowest BCUT2D eigenvalue weighted by molar-refractivity contribution is -0.151. The maximum absolute atomic E-state index is 11.3. The highest BCUT2D eigenvalue weighted by atomic mass is 32.2. The van der Waals surface area contributed by atoms with Gasteiger partial charge in [0, 0.05) is 0 Å². The number of Topliss-reactive ketones (excluding diaryl/α,β-unsaturated/α-hetero) is 1. The van der Waals surface area contributed by atoms with Crippen LogP contribution in [0, 0.1) is 0 Å². The number of hydrogen-bond donors (Lipinski definition) is 0. The summed E-state index contributed by atoms with van der Waals surface area (Å²) in [6, 6.07) is 0. The van der Waals surface area contributed by atoms with Crippen molar-refractivity contribution in [3.63, 3.8) is 0 Å². The minimum absolute atomic E-state index is 0.173. The minimum atomic E-state index is -4.61. The standard InChI is InChI=1S/C10H16O6S/c11-8(7-17(13,14)15)6-10(12)16-9-4-2-1-3-5-9/h9H,1-7H2,(H,13,14,15)/p-1. The van der Waals surface area contributed by atoms with Gasteiger partial charge in [-0.05, 0) is 25.7 Å². The molecule has 0 unspecified atom stereocenters. The van der Waals surface area contributed by atoms with Gasteiger partial charge in [-0.2, -0.15) is 0 Å². The summed E-state index contributed by atoms with van der Waals surface area (Å²) in [4.78, 5) is 22.3. The van der Waals surface area contributed by atoms with Crippen LogP contribution in [0.4, 0.5) is 0 Å². The summed E-state index contributed by atoms with van der Waals surface area (Å²) in [7, 11) is -4.61. The largest absolute Gasteiger partial charge is 0.748 e. The van der Waals surface area contributed by atoms with Gasteiger partial charge in [-0.1, -0.05) is 6.42 Å². The second-order valence-electron chi connectivity index (χ2n) is 4.17. The van der Waals surface area contributed by atoms with E-state index >= 15 is 0 Å². The third-order valence-corrected chi connectivity index (χ3v) is 3.21. The van der Waals surface area contributed by atoms with Gasteiger partial charge < -0.3 is 9.29 Å². The van der Waals surface area contributed by atoms with E-state index in [9.17, 15) is 22.6 Å². The van der Waals surface area contributed by atoms with E-state index in [1.165, 1.54) is 0 Å². The lowest BCUT2D eigenvalue weighted by atomic mass is 9.98. The Kier molecular flexibility index (Phi) is 5.07. The van der Waals surface area contributed by atoms with Crippen LogP contribution in [0.2, 0.25) is 0 Å². The third-order valence-electron chi connectivity index (χ3n) is 2.53. The number of ether oxygens (including phenoxy) is 1. The lowest BCUT2D eigenvalue weighted by Crippen LogP contribution is -2.24.